The van der Waals surface area contributed by atoms with Crippen molar-refractivity contribution >= 4 is 68.1 Å². The molecule has 0 N–H and O–H groups in total. The molecule has 4 rings (SSSR count). The van der Waals surface area contributed by atoms with Gasteiger partial charge in [0.2, 0.25) is 0 Å². The van der Waals surface area contributed by atoms with E-state index in [1.54, 1.807) is 48.5 Å². The lowest BCUT2D eigenvalue weighted by Gasteiger charge is -2.15. The van der Waals surface area contributed by atoms with Crippen LogP contribution >= 0.6 is 50.9 Å². The Kier molecular flexibility index (Phi) is 9.43. The van der Waals surface area contributed by atoms with Crippen LogP contribution in [0, 0.1) is 0 Å². The maximum Gasteiger partial charge on any atom is 0.293 e. The van der Waals surface area contributed by atoms with Crippen LogP contribution in [0.2, 0.25) is 10.0 Å². The summed E-state index contributed by atoms with van der Waals surface area (Å²) in [7, 11) is 0. The third-order valence-corrected chi connectivity index (χ3v) is 7.42. The van der Waals surface area contributed by atoms with Gasteiger partial charge in [0.15, 0.2) is 11.5 Å². The first-order chi connectivity index (χ1) is 17.9. The maximum atomic E-state index is 12.9. The van der Waals surface area contributed by atoms with Crippen LogP contribution in [0.3, 0.4) is 0 Å². The molecule has 1 aliphatic heterocycles. The van der Waals surface area contributed by atoms with Crippen molar-refractivity contribution in [2.24, 2.45) is 0 Å². The number of imide groups is 1. The second-order valence-corrected chi connectivity index (χ2v) is 10.4. The highest BCUT2D eigenvalue weighted by Gasteiger charge is 2.35. The molecule has 6 nitrogen and oxygen atoms in total. The number of carbonyl (C=O) groups is 2. The first-order valence-electron chi connectivity index (χ1n) is 11.3. The summed E-state index contributed by atoms with van der Waals surface area (Å²) in [5.74, 6) is 1.13. The fraction of sp³-hybridized carbons (Fsp3) is 0.185. The van der Waals surface area contributed by atoms with E-state index < -0.39 is 0 Å². The zero-order valence-electron chi connectivity index (χ0n) is 19.7. The molecule has 0 atom stereocenters. The molecule has 3 aromatic rings. The van der Waals surface area contributed by atoms with Gasteiger partial charge >= 0.3 is 0 Å². The summed E-state index contributed by atoms with van der Waals surface area (Å²) >= 11 is 16.8. The monoisotopic (exact) mass is 621 g/mol. The van der Waals surface area contributed by atoms with Crippen molar-refractivity contribution in [1.82, 2.24) is 4.90 Å². The summed E-state index contributed by atoms with van der Waals surface area (Å²) in [4.78, 5) is 26.9. The molecule has 0 saturated carbocycles. The number of hydrogen-bond acceptors (Lipinski definition) is 6. The Labute approximate surface area is 237 Å². The molecule has 37 heavy (non-hydrogen) atoms. The van der Waals surface area contributed by atoms with Crippen LogP contribution in [-0.4, -0.2) is 35.8 Å². The van der Waals surface area contributed by atoms with Crippen LogP contribution in [0.4, 0.5) is 4.79 Å². The van der Waals surface area contributed by atoms with Crippen LogP contribution < -0.4 is 14.2 Å². The van der Waals surface area contributed by atoms with E-state index in [1.807, 2.05) is 25.1 Å². The van der Waals surface area contributed by atoms with E-state index in [0.717, 1.165) is 22.2 Å². The molecule has 10 heteroatoms. The van der Waals surface area contributed by atoms with E-state index in [0.29, 0.717) is 48.8 Å². The molecule has 3 aromatic carbocycles. The van der Waals surface area contributed by atoms with Crippen molar-refractivity contribution in [3.63, 3.8) is 0 Å². The molecule has 0 aromatic heterocycles. The van der Waals surface area contributed by atoms with Crippen LogP contribution in [0.5, 0.6) is 17.2 Å². The van der Waals surface area contributed by atoms with Crippen molar-refractivity contribution in [2.75, 3.05) is 19.8 Å². The lowest BCUT2D eigenvalue weighted by atomic mass is 10.1. The quantitative estimate of drug-likeness (QED) is 0.215. The molecule has 1 heterocycles. The number of hydrogen-bond donors (Lipinski definition) is 0. The van der Waals surface area contributed by atoms with E-state index in [-0.39, 0.29) is 30.9 Å². The Morgan fingerprint density at radius 3 is 2.41 bits per heavy atom. The number of carbonyl (C=O) groups excluding carboxylic acids is 2. The maximum absolute atomic E-state index is 12.9. The number of nitrogens with zero attached hydrogens (tertiary/aromatic N) is 1. The first kappa shape index (κ1) is 27.4. The van der Waals surface area contributed by atoms with Gasteiger partial charge in [-0.3, -0.25) is 14.5 Å². The highest BCUT2D eigenvalue weighted by atomic mass is 79.9. The largest absolute Gasteiger partial charge is 0.490 e. The molecule has 1 fully saturated rings. The van der Waals surface area contributed by atoms with Crippen LogP contribution in [0.25, 0.3) is 6.08 Å². The minimum absolute atomic E-state index is 0.107. The molecule has 192 valence electrons. The van der Waals surface area contributed by atoms with E-state index >= 15 is 0 Å². The molecule has 0 unspecified atom stereocenters. The summed E-state index contributed by atoms with van der Waals surface area (Å²) in [6.07, 6.45) is 1.66. The Morgan fingerprint density at radius 1 is 0.946 bits per heavy atom. The van der Waals surface area contributed by atoms with Gasteiger partial charge in [-0.1, -0.05) is 53.5 Å². The molecular formula is C27H22BrCl2NO5S. The Hall–Kier alpha value is -2.65. The molecule has 0 aliphatic carbocycles. The molecule has 2 amide bonds. The zero-order chi connectivity index (χ0) is 26.4. The number of amides is 2. The second kappa shape index (κ2) is 12.7. The predicted molar refractivity (Wildman–Crippen MR) is 151 cm³/mol. The van der Waals surface area contributed by atoms with E-state index in [4.69, 9.17) is 37.4 Å². The minimum Gasteiger partial charge on any atom is -0.490 e. The normalized spacial score (nSPS) is 14.4. The highest BCUT2D eigenvalue weighted by molar-refractivity contribution is 9.10. The van der Waals surface area contributed by atoms with Gasteiger partial charge in [-0.2, -0.15) is 0 Å². The van der Waals surface area contributed by atoms with Crippen molar-refractivity contribution in [3.05, 3.63) is 91.2 Å². The van der Waals surface area contributed by atoms with E-state index in [1.165, 1.54) is 0 Å². The van der Waals surface area contributed by atoms with Gasteiger partial charge in [0.05, 0.1) is 27.6 Å². The fourth-order valence-corrected chi connectivity index (χ4v) is 5.31. The van der Waals surface area contributed by atoms with E-state index in [9.17, 15) is 9.59 Å². The van der Waals surface area contributed by atoms with Gasteiger partial charge in [0, 0.05) is 10.6 Å². The molecule has 0 radical (unpaired) electrons. The smallest absolute Gasteiger partial charge is 0.293 e. The summed E-state index contributed by atoms with van der Waals surface area (Å²) in [5, 5.41) is 0.718. The van der Waals surface area contributed by atoms with Crippen molar-refractivity contribution < 1.29 is 23.8 Å². The minimum atomic E-state index is -0.383. The number of halogens is 3. The van der Waals surface area contributed by atoms with Crippen molar-refractivity contribution in [2.45, 2.75) is 13.5 Å². The van der Waals surface area contributed by atoms with Gasteiger partial charge < -0.3 is 14.2 Å². The number of rotatable bonds is 10. The number of thioether (sulfide) groups is 1. The number of benzene rings is 3. The lowest BCUT2D eigenvalue weighted by Crippen LogP contribution is -2.32. The fourth-order valence-electron chi connectivity index (χ4n) is 3.49. The molecular weight excluding hydrogens is 601 g/mol. The van der Waals surface area contributed by atoms with Crippen LogP contribution in [0.1, 0.15) is 18.1 Å². The number of para-hydroxylation sites is 1. The van der Waals surface area contributed by atoms with Gasteiger partial charge in [0.25, 0.3) is 11.1 Å². The predicted octanol–water partition coefficient (Wildman–Crippen LogP) is 7.85. The average molecular weight is 623 g/mol. The second-order valence-electron chi connectivity index (χ2n) is 7.76. The molecule has 1 aliphatic rings. The molecule has 1 saturated heterocycles. The third-order valence-electron chi connectivity index (χ3n) is 5.24. The Balaban J connectivity index is 1.47. The summed E-state index contributed by atoms with van der Waals surface area (Å²) in [6, 6.07) is 18.0. The Morgan fingerprint density at radius 2 is 1.68 bits per heavy atom. The van der Waals surface area contributed by atoms with Gasteiger partial charge in [-0.15, -0.1) is 0 Å². The van der Waals surface area contributed by atoms with Crippen molar-refractivity contribution in [1.29, 1.82) is 0 Å². The molecule has 0 spiro atoms. The van der Waals surface area contributed by atoms with Gasteiger partial charge in [-0.05, 0) is 76.6 Å². The third kappa shape index (κ3) is 6.82. The van der Waals surface area contributed by atoms with Gasteiger partial charge in [0.1, 0.15) is 19.0 Å². The summed E-state index contributed by atoms with van der Waals surface area (Å²) < 4.78 is 18.1. The molecule has 0 bridgehead atoms. The average Bonchev–Trinajstić information content (AvgIpc) is 3.13. The van der Waals surface area contributed by atoms with Gasteiger partial charge in [-0.25, -0.2) is 0 Å². The number of ether oxygens (including phenoxy) is 3. The zero-order valence-corrected chi connectivity index (χ0v) is 23.6. The summed E-state index contributed by atoms with van der Waals surface area (Å²) in [5.41, 5.74) is 1.52. The van der Waals surface area contributed by atoms with Crippen molar-refractivity contribution in [3.8, 4) is 17.2 Å². The van der Waals surface area contributed by atoms with Crippen LogP contribution in [0.15, 0.2) is 70.0 Å². The Bertz CT molecular complexity index is 1350. The van der Waals surface area contributed by atoms with E-state index in [2.05, 4.69) is 15.9 Å². The summed E-state index contributed by atoms with van der Waals surface area (Å²) in [6.45, 7) is 2.78. The highest BCUT2D eigenvalue weighted by Crippen LogP contribution is 2.40. The SMILES string of the molecule is CCOc1cc(/C=C2\SC(=O)N(CCOc3ccccc3Cl)C2=O)cc(Br)c1OCc1ccccc1Cl. The lowest BCUT2D eigenvalue weighted by molar-refractivity contribution is -0.123. The first-order valence-corrected chi connectivity index (χ1v) is 13.7. The van der Waals surface area contributed by atoms with Crippen LogP contribution in [-0.2, 0) is 11.4 Å². The standard InChI is InChI=1S/C27H22BrCl2NO5S/c1-2-34-23-14-17(13-19(28)25(23)36-16-18-7-3-4-8-20(18)29)15-24-26(32)31(27(33)37-24)11-12-35-22-10-6-5-9-21(22)30/h3-10,13-15H,2,11-12,16H2,1H3/b24-15-. The topological polar surface area (TPSA) is 65.1 Å².